The van der Waals surface area contributed by atoms with Crippen molar-refractivity contribution < 1.29 is 4.74 Å². The lowest BCUT2D eigenvalue weighted by molar-refractivity contribution is 0.177. The Labute approximate surface area is 215 Å². The first-order valence-corrected chi connectivity index (χ1v) is 11.8. The molecule has 33 heavy (non-hydrogen) atoms. The van der Waals surface area contributed by atoms with Crippen LogP contribution in [0.4, 0.5) is 0 Å². The molecule has 1 aliphatic heterocycles. The number of aryl methyl sites for hydroxylation is 1. The standard InChI is InChI=1S/C25H38N6O.HI/c1-24(2,3)18-7-9-19(10-8-18)25(13-6-14-25)17-27-23(26-4)28-20-11-12-22-29-21(16-32-5)30-31(22)15-20;/h7-10,20H,6,11-17H2,1-5H3,(H2,26,27,28);1H. The third-order valence-electron chi connectivity index (χ3n) is 7.01. The van der Waals surface area contributed by atoms with Crippen LogP contribution in [0.25, 0.3) is 0 Å². The third-order valence-corrected chi connectivity index (χ3v) is 7.01. The van der Waals surface area contributed by atoms with E-state index in [1.54, 1.807) is 7.11 Å². The minimum atomic E-state index is 0. The lowest BCUT2D eigenvalue weighted by atomic mass is 9.64. The summed E-state index contributed by atoms with van der Waals surface area (Å²) in [5.74, 6) is 2.67. The second kappa shape index (κ2) is 10.7. The van der Waals surface area contributed by atoms with Crippen molar-refractivity contribution in [2.24, 2.45) is 4.99 Å². The summed E-state index contributed by atoms with van der Waals surface area (Å²) in [7, 11) is 3.52. The van der Waals surface area contributed by atoms with Gasteiger partial charge in [-0.15, -0.1) is 24.0 Å². The summed E-state index contributed by atoms with van der Waals surface area (Å²) in [6.07, 6.45) is 5.66. The molecule has 2 aromatic rings. The Balaban J connectivity index is 0.00000306. The molecule has 0 saturated heterocycles. The second-order valence-corrected chi connectivity index (χ2v) is 10.3. The molecule has 0 amide bonds. The molecule has 1 saturated carbocycles. The zero-order chi connectivity index (χ0) is 22.8. The number of methoxy groups -OCH3 is 1. The number of hydrogen-bond acceptors (Lipinski definition) is 4. The number of aliphatic imine (C=N–C) groups is 1. The predicted molar refractivity (Wildman–Crippen MR) is 143 cm³/mol. The zero-order valence-electron chi connectivity index (χ0n) is 20.6. The Hall–Kier alpha value is -1.68. The maximum atomic E-state index is 5.17. The van der Waals surface area contributed by atoms with Crippen molar-refractivity contribution in [1.82, 2.24) is 25.4 Å². The number of ether oxygens (including phenoxy) is 1. The first-order valence-electron chi connectivity index (χ1n) is 11.8. The molecule has 1 aromatic heterocycles. The Morgan fingerprint density at radius 2 is 1.97 bits per heavy atom. The number of hydrogen-bond donors (Lipinski definition) is 2. The van der Waals surface area contributed by atoms with Crippen LogP contribution in [0.5, 0.6) is 0 Å². The Kier molecular flexibility index (Phi) is 8.42. The van der Waals surface area contributed by atoms with Crippen LogP contribution < -0.4 is 10.6 Å². The van der Waals surface area contributed by atoms with E-state index < -0.39 is 0 Å². The summed E-state index contributed by atoms with van der Waals surface area (Å²) in [6.45, 7) is 8.96. The molecule has 8 heteroatoms. The Morgan fingerprint density at radius 3 is 2.55 bits per heavy atom. The average molecular weight is 567 g/mol. The van der Waals surface area contributed by atoms with Crippen LogP contribution in [0, 0.1) is 0 Å². The van der Waals surface area contributed by atoms with Crippen molar-refractivity contribution in [3.05, 3.63) is 47.0 Å². The maximum Gasteiger partial charge on any atom is 0.191 e. The topological polar surface area (TPSA) is 76.4 Å². The van der Waals surface area contributed by atoms with Gasteiger partial charge in [-0.1, -0.05) is 51.5 Å². The largest absolute Gasteiger partial charge is 0.377 e. The number of nitrogens with zero attached hydrogens (tertiary/aromatic N) is 4. The molecule has 1 unspecified atom stereocenters. The van der Waals surface area contributed by atoms with Gasteiger partial charge in [-0.3, -0.25) is 4.99 Å². The SMILES string of the molecule is CN=C(NCC1(c2ccc(C(C)(C)C)cc2)CCC1)NC1CCc2nc(COC)nn2C1.I. The molecule has 4 rings (SSSR count). The van der Waals surface area contributed by atoms with Crippen LogP contribution in [-0.4, -0.2) is 47.5 Å². The minimum absolute atomic E-state index is 0. The molecule has 0 spiro atoms. The third kappa shape index (κ3) is 5.88. The highest BCUT2D eigenvalue weighted by Gasteiger charge is 2.39. The molecule has 1 fully saturated rings. The van der Waals surface area contributed by atoms with Crippen LogP contribution in [-0.2, 0) is 35.1 Å². The monoisotopic (exact) mass is 566 g/mol. The van der Waals surface area contributed by atoms with Gasteiger partial charge in [-0.25, -0.2) is 9.67 Å². The van der Waals surface area contributed by atoms with Gasteiger partial charge in [0.05, 0.1) is 6.54 Å². The first kappa shape index (κ1) is 25.9. The lowest BCUT2D eigenvalue weighted by Crippen LogP contribution is -2.52. The summed E-state index contributed by atoms with van der Waals surface area (Å²) < 4.78 is 7.18. The van der Waals surface area contributed by atoms with Crippen molar-refractivity contribution in [3.8, 4) is 0 Å². The van der Waals surface area contributed by atoms with Crippen LogP contribution in [0.15, 0.2) is 29.3 Å². The summed E-state index contributed by atoms with van der Waals surface area (Å²) in [5.41, 5.74) is 3.22. The van der Waals surface area contributed by atoms with Gasteiger partial charge >= 0.3 is 0 Å². The van der Waals surface area contributed by atoms with Crippen molar-refractivity contribution in [1.29, 1.82) is 0 Å². The summed E-state index contributed by atoms with van der Waals surface area (Å²) >= 11 is 0. The highest BCUT2D eigenvalue weighted by atomic mass is 127. The van der Waals surface area contributed by atoms with E-state index in [1.807, 2.05) is 11.7 Å². The van der Waals surface area contributed by atoms with Gasteiger partial charge in [0.1, 0.15) is 12.4 Å². The summed E-state index contributed by atoms with van der Waals surface area (Å²) in [5, 5.41) is 11.8. The van der Waals surface area contributed by atoms with Gasteiger partial charge in [0.25, 0.3) is 0 Å². The van der Waals surface area contributed by atoms with E-state index in [4.69, 9.17) is 4.74 Å². The molecular formula is C25H39IN6O. The fourth-order valence-electron chi connectivity index (χ4n) is 4.80. The summed E-state index contributed by atoms with van der Waals surface area (Å²) in [6, 6.07) is 9.57. The number of guanidine groups is 1. The van der Waals surface area contributed by atoms with Crippen molar-refractivity contribution in [3.63, 3.8) is 0 Å². The number of fused-ring (bicyclic) bond motifs is 1. The number of nitrogens with one attached hydrogen (secondary N) is 2. The van der Waals surface area contributed by atoms with E-state index in [-0.39, 0.29) is 40.8 Å². The minimum Gasteiger partial charge on any atom is -0.377 e. The summed E-state index contributed by atoms with van der Waals surface area (Å²) in [4.78, 5) is 9.07. The van der Waals surface area contributed by atoms with Gasteiger partial charge in [0.15, 0.2) is 11.8 Å². The van der Waals surface area contributed by atoms with E-state index in [9.17, 15) is 0 Å². The molecule has 7 nitrogen and oxygen atoms in total. The first-order chi connectivity index (χ1) is 15.3. The molecule has 1 aromatic carbocycles. The number of benzene rings is 1. The van der Waals surface area contributed by atoms with Crippen molar-refractivity contribution in [2.45, 2.75) is 82.9 Å². The smallest absolute Gasteiger partial charge is 0.191 e. The molecule has 182 valence electrons. The van der Waals surface area contributed by atoms with Crippen molar-refractivity contribution >= 4 is 29.9 Å². The van der Waals surface area contributed by atoms with Crippen LogP contribution in [0.1, 0.15) is 69.2 Å². The predicted octanol–water partition coefficient (Wildman–Crippen LogP) is 3.94. The zero-order valence-corrected chi connectivity index (χ0v) is 23.0. The van der Waals surface area contributed by atoms with E-state index in [2.05, 4.69) is 70.7 Å². The fraction of sp³-hybridized carbons (Fsp3) is 0.640. The highest BCUT2D eigenvalue weighted by Crippen LogP contribution is 2.43. The Bertz CT molecular complexity index is 943. The van der Waals surface area contributed by atoms with E-state index in [1.165, 1.54) is 30.4 Å². The second-order valence-electron chi connectivity index (χ2n) is 10.3. The highest BCUT2D eigenvalue weighted by molar-refractivity contribution is 14.0. The molecule has 0 radical (unpaired) electrons. The molecule has 0 bridgehead atoms. The molecule has 2 N–H and O–H groups in total. The average Bonchev–Trinajstić information content (AvgIpc) is 3.13. The molecule has 1 aliphatic carbocycles. The van der Waals surface area contributed by atoms with Gasteiger partial charge in [-0.05, 0) is 35.8 Å². The van der Waals surface area contributed by atoms with Gasteiger partial charge < -0.3 is 15.4 Å². The van der Waals surface area contributed by atoms with Crippen molar-refractivity contribution in [2.75, 3.05) is 20.7 Å². The van der Waals surface area contributed by atoms with E-state index >= 15 is 0 Å². The fourth-order valence-corrected chi connectivity index (χ4v) is 4.80. The lowest BCUT2D eigenvalue weighted by Gasteiger charge is -2.43. The van der Waals surface area contributed by atoms with Crippen LogP contribution in [0.2, 0.25) is 0 Å². The number of rotatable bonds is 6. The van der Waals surface area contributed by atoms with E-state index in [0.717, 1.165) is 43.5 Å². The normalized spacial score (nSPS) is 19.8. The maximum absolute atomic E-state index is 5.17. The molecular weight excluding hydrogens is 527 g/mol. The molecule has 2 heterocycles. The molecule has 2 aliphatic rings. The van der Waals surface area contributed by atoms with Gasteiger partial charge in [0, 0.05) is 38.6 Å². The van der Waals surface area contributed by atoms with Gasteiger partial charge in [-0.2, -0.15) is 5.10 Å². The Morgan fingerprint density at radius 1 is 1.24 bits per heavy atom. The molecule has 1 atom stereocenters. The quantitative estimate of drug-likeness (QED) is 0.315. The number of aromatic nitrogens is 3. The number of halogens is 1. The van der Waals surface area contributed by atoms with Gasteiger partial charge in [0.2, 0.25) is 0 Å². The van der Waals surface area contributed by atoms with Crippen LogP contribution >= 0.6 is 24.0 Å². The van der Waals surface area contributed by atoms with Crippen LogP contribution in [0.3, 0.4) is 0 Å². The van der Waals surface area contributed by atoms with E-state index in [0.29, 0.717) is 6.61 Å².